The first-order chi connectivity index (χ1) is 10.0. The average molecular weight is 281 g/mol. The number of hydrogen-bond donors (Lipinski definition) is 2. The minimum absolute atomic E-state index is 0.466. The SMILES string of the molecule is Cc1cc(C)cc(NC(N)=NCCc2ccccc2C)c1. The van der Waals surface area contributed by atoms with Crippen LogP contribution >= 0.6 is 0 Å². The van der Waals surface area contributed by atoms with Crippen molar-refractivity contribution < 1.29 is 0 Å². The molecule has 110 valence electrons. The number of rotatable bonds is 4. The lowest BCUT2D eigenvalue weighted by atomic mass is 10.1. The Kier molecular flexibility index (Phi) is 4.99. The Morgan fingerprint density at radius 1 is 1.05 bits per heavy atom. The van der Waals surface area contributed by atoms with E-state index in [-0.39, 0.29) is 0 Å². The summed E-state index contributed by atoms with van der Waals surface area (Å²) in [7, 11) is 0. The number of aliphatic imine (C=N–C) groups is 1. The Morgan fingerprint density at radius 3 is 2.38 bits per heavy atom. The molecule has 21 heavy (non-hydrogen) atoms. The normalized spacial score (nSPS) is 11.5. The van der Waals surface area contributed by atoms with Crippen LogP contribution in [-0.4, -0.2) is 12.5 Å². The molecule has 2 aromatic carbocycles. The molecule has 0 aliphatic carbocycles. The number of benzene rings is 2. The lowest BCUT2D eigenvalue weighted by Crippen LogP contribution is -2.23. The van der Waals surface area contributed by atoms with Gasteiger partial charge in [0.25, 0.3) is 0 Å². The highest BCUT2D eigenvalue weighted by atomic mass is 15.1. The van der Waals surface area contributed by atoms with Gasteiger partial charge in [-0.2, -0.15) is 0 Å². The van der Waals surface area contributed by atoms with Gasteiger partial charge in [0.15, 0.2) is 5.96 Å². The van der Waals surface area contributed by atoms with Gasteiger partial charge in [-0.1, -0.05) is 30.3 Å². The third-order valence-corrected chi connectivity index (χ3v) is 3.42. The minimum Gasteiger partial charge on any atom is -0.370 e. The summed E-state index contributed by atoms with van der Waals surface area (Å²) in [5.41, 5.74) is 12.0. The first-order valence-electron chi connectivity index (χ1n) is 7.24. The van der Waals surface area contributed by atoms with E-state index in [1.54, 1.807) is 0 Å². The third-order valence-electron chi connectivity index (χ3n) is 3.42. The molecule has 0 saturated heterocycles. The lowest BCUT2D eigenvalue weighted by Gasteiger charge is -2.08. The van der Waals surface area contributed by atoms with E-state index in [9.17, 15) is 0 Å². The smallest absolute Gasteiger partial charge is 0.193 e. The molecule has 3 nitrogen and oxygen atoms in total. The van der Waals surface area contributed by atoms with Crippen LogP contribution in [0, 0.1) is 20.8 Å². The molecule has 0 heterocycles. The van der Waals surface area contributed by atoms with Crippen LogP contribution in [-0.2, 0) is 6.42 Å². The average Bonchev–Trinajstić information content (AvgIpc) is 2.39. The zero-order valence-electron chi connectivity index (χ0n) is 13.0. The molecule has 0 aliphatic heterocycles. The molecule has 3 N–H and O–H groups in total. The Morgan fingerprint density at radius 2 is 1.71 bits per heavy atom. The molecule has 0 amide bonds. The summed E-state index contributed by atoms with van der Waals surface area (Å²) in [6, 6.07) is 14.6. The molecule has 0 saturated carbocycles. The number of guanidine groups is 1. The fraction of sp³-hybridized carbons (Fsp3) is 0.278. The summed E-state index contributed by atoms with van der Waals surface area (Å²) in [6.07, 6.45) is 0.905. The van der Waals surface area contributed by atoms with E-state index in [1.807, 2.05) is 0 Å². The van der Waals surface area contributed by atoms with Crippen molar-refractivity contribution in [3.8, 4) is 0 Å². The molecular formula is C18H23N3. The van der Waals surface area contributed by atoms with Crippen molar-refractivity contribution in [3.63, 3.8) is 0 Å². The highest BCUT2D eigenvalue weighted by molar-refractivity contribution is 5.92. The van der Waals surface area contributed by atoms with Crippen molar-refractivity contribution in [1.29, 1.82) is 0 Å². The maximum absolute atomic E-state index is 5.95. The number of anilines is 1. The van der Waals surface area contributed by atoms with Crippen LogP contribution in [0.4, 0.5) is 5.69 Å². The van der Waals surface area contributed by atoms with Crippen molar-refractivity contribution in [2.75, 3.05) is 11.9 Å². The largest absolute Gasteiger partial charge is 0.370 e. The Balaban J connectivity index is 1.94. The maximum atomic E-state index is 5.95. The van der Waals surface area contributed by atoms with Crippen LogP contribution in [0.5, 0.6) is 0 Å². The third kappa shape index (κ3) is 4.63. The molecule has 0 aromatic heterocycles. The molecule has 0 fully saturated rings. The van der Waals surface area contributed by atoms with Crippen LogP contribution in [0.1, 0.15) is 22.3 Å². The van der Waals surface area contributed by atoms with Crippen LogP contribution < -0.4 is 11.1 Å². The van der Waals surface area contributed by atoms with Crippen molar-refractivity contribution in [2.24, 2.45) is 10.7 Å². The zero-order chi connectivity index (χ0) is 15.2. The Hall–Kier alpha value is -2.29. The van der Waals surface area contributed by atoms with Gasteiger partial charge in [-0.3, -0.25) is 4.99 Å². The Bertz CT molecular complexity index is 624. The zero-order valence-corrected chi connectivity index (χ0v) is 13.0. The predicted molar refractivity (Wildman–Crippen MR) is 90.9 cm³/mol. The maximum Gasteiger partial charge on any atom is 0.193 e. The van der Waals surface area contributed by atoms with Gasteiger partial charge in [-0.05, 0) is 61.6 Å². The molecule has 0 spiro atoms. The van der Waals surface area contributed by atoms with E-state index in [2.05, 4.69) is 73.5 Å². The highest BCUT2D eigenvalue weighted by Crippen LogP contribution is 2.13. The van der Waals surface area contributed by atoms with E-state index in [0.717, 1.165) is 12.1 Å². The van der Waals surface area contributed by atoms with Crippen molar-refractivity contribution in [1.82, 2.24) is 0 Å². The molecule has 0 atom stereocenters. The van der Waals surface area contributed by atoms with Gasteiger partial charge in [0, 0.05) is 12.2 Å². The van der Waals surface area contributed by atoms with E-state index in [4.69, 9.17) is 5.73 Å². The molecule has 2 rings (SSSR count). The summed E-state index contributed by atoms with van der Waals surface area (Å²) in [4.78, 5) is 4.40. The number of nitrogens with one attached hydrogen (secondary N) is 1. The fourth-order valence-electron chi connectivity index (χ4n) is 2.42. The number of nitrogens with two attached hydrogens (primary N) is 1. The van der Waals surface area contributed by atoms with Crippen LogP contribution in [0.15, 0.2) is 47.5 Å². The fourth-order valence-corrected chi connectivity index (χ4v) is 2.42. The summed E-state index contributed by atoms with van der Waals surface area (Å²) in [5, 5.41) is 3.15. The van der Waals surface area contributed by atoms with Gasteiger partial charge in [-0.25, -0.2) is 0 Å². The van der Waals surface area contributed by atoms with E-state index >= 15 is 0 Å². The molecular weight excluding hydrogens is 258 g/mol. The number of hydrogen-bond acceptors (Lipinski definition) is 1. The van der Waals surface area contributed by atoms with Gasteiger partial charge in [0.1, 0.15) is 0 Å². The van der Waals surface area contributed by atoms with Crippen LogP contribution in [0.2, 0.25) is 0 Å². The number of nitrogens with zero attached hydrogens (tertiary/aromatic N) is 1. The highest BCUT2D eigenvalue weighted by Gasteiger charge is 1.99. The second-order valence-corrected chi connectivity index (χ2v) is 5.44. The molecule has 0 unspecified atom stereocenters. The standard InChI is InChI=1S/C18H23N3/c1-13-10-14(2)12-17(11-13)21-18(19)20-9-8-16-7-5-4-6-15(16)3/h4-7,10-12H,8-9H2,1-3H3,(H3,19,20,21). The number of aryl methyl sites for hydroxylation is 3. The van der Waals surface area contributed by atoms with Crippen molar-refractivity contribution >= 4 is 11.6 Å². The summed E-state index contributed by atoms with van der Waals surface area (Å²) < 4.78 is 0. The van der Waals surface area contributed by atoms with Gasteiger partial charge in [-0.15, -0.1) is 0 Å². The topological polar surface area (TPSA) is 50.4 Å². The van der Waals surface area contributed by atoms with Gasteiger partial charge >= 0.3 is 0 Å². The van der Waals surface area contributed by atoms with E-state index in [0.29, 0.717) is 12.5 Å². The minimum atomic E-state index is 0.466. The molecule has 0 bridgehead atoms. The van der Waals surface area contributed by atoms with Crippen molar-refractivity contribution in [2.45, 2.75) is 27.2 Å². The van der Waals surface area contributed by atoms with E-state index in [1.165, 1.54) is 22.3 Å². The monoisotopic (exact) mass is 281 g/mol. The first-order valence-corrected chi connectivity index (χ1v) is 7.24. The molecule has 0 aliphatic rings. The van der Waals surface area contributed by atoms with Crippen LogP contribution in [0.3, 0.4) is 0 Å². The summed E-state index contributed by atoms with van der Waals surface area (Å²) in [6.45, 7) is 6.96. The molecule has 3 heteroatoms. The second-order valence-electron chi connectivity index (χ2n) is 5.44. The van der Waals surface area contributed by atoms with Crippen molar-refractivity contribution in [3.05, 3.63) is 64.7 Å². The summed E-state index contributed by atoms with van der Waals surface area (Å²) in [5.74, 6) is 0.466. The van der Waals surface area contributed by atoms with E-state index < -0.39 is 0 Å². The second kappa shape index (κ2) is 6.93. The molecule has 2 aromatic rings. The van der Waals surface area contributed by atoms with Crippen LogP contribution in [0.25, 0.3) is 0 Å². The summed E-state index contributed by atoms with van der Waals surface area (Å²) >= 11 is 0. The van der Waals surface area contributed by atoms with Gasteiger partial charge < -0.3 is 11.1 Å². The van der Waals surface area contributed by atoms with Gasteiger partial charge in [0.05, 0.1) is 0 Å². The predicted octanol–water partition coefficient (Wildman–Crippen LogP) is 3.58. The molecule has 0 radical (unpaired) electrons. The lowest BCUT2D eigenvalue weighted by molar-refractivity contribution is 0.954. The Labute approximate surface area is 126 Å². The van der Waals surface area contributed by atoms with Gasteiger partial charge in [0.2, 0.25) is 0 Å². The quantitative estimate of drug-likeness (QED) is 0.665. The first kappa shape index (κ1) is 15.1.